The van der Waals surface area contributed by atoms with Crippen LogP contribution in [0.2, 0.25) is 0 Å². The number of hydrogen-bond donors (Lipinski definition) is 2. The molecule has 0 unspecified atom stereocenters. The van der Waals surface area contributed by atoms with Gasteiger partial charge < -0.3 is 4.74 Å². The Morgan fingerprint density at radius 2 is 1.76 bits per heavy atom. The van der Waals surface area contributed by atoms with E-state index in [4.69, 9.17) is 4.74 Å². The van der Waals surface area contributed by atoms with Crippen LogP contribution in [-0.2, 0) is 14.8 Å². The molecule has 0 aliphatic heterocycles. The highest BCUT2D eigenvalue weighted by atomic mass is 32.2. The van der Waals surface area contributed by atoms with Gasteiger partial charge in [-0.25, -0.2) is 12.8 Å². The Hall–Kier alpha value is -2.71. The van der Waals surface area contributed by atoms with Crippen LogP contribution in [-0.4, -0.2) is 20.4 Å². The number of ether oxygens (including phenoxy) is 1. The third-order valence-corrected chi connectivity index (χ3v) is 3.95. The normalized spacial score (nSPS) is 12.7. The van der Waals surface area contributed by atoms with Crippen LogP contribution in [0.3, 0.4) is 0 Å². The van der Waals surface area contributed by atoms with Crippen LogP contribution in [0.25, 0.3) is 6.08 Å². The number of hydrazine groups is 1. The van der Waals surface area contributed by atoms with Gasteiger partial charge in [-0.2, -0.15) is 0 Å². The van der Waals surface area contributed by atoms with Gasteiger partial charge in [0.1, 0.15) is 0 Å². The zero-order chi connectivity index (χ0) is 18.3. The van der Waals surface area contributed by atoms with E-state index >= 15 is 0 Å². The fraction of sp³-hybridized carbons (Fsp3) is 0.118. The van der Waals surface area contributed by atoms with E-state index in [1.807, 2.05) is 10.3 Å². The van der Waals surface area contributed by atoms with E-state index in [2.05, 4.69) is 0 Å². The average Bonchev–Trinajstić information content (AvgIpc) is 2.61. The molecule has 2 rings (SSSR count). The predicted octanol–water partition coefficient (Wildman–Crippen LogP) is 2.21. The predicted molar refractivity (Wildman–Crippen MR) is 92.2 cm³/mol. The van der Waals surface area contributed by atoms with E-state index in [1.165, 1.54) is 31.2 Å². The van der Waals surface area contributed by atoms with Crippen LogP contribution in [0.5, 0.6) is 5.75 Å². The van der Waals surface area contributed by atoms with Crippen LogP contribution in [0.1, 0.15) is 12.5 Å². The Balaban J connectivity index is 1.90. The van der Waals surface area contributed by atoms with Crippen molar-refractivity contribution in [2.45, 2.75) is 13.0 Å². The molecule has 0 spiro atoms. The molecule has 0 saturated carbocycles. The molecule has 2 aromatic rings. The maximum Gasteiger partial charge on any atom is 0.275 e. The minimum atomic E-state index is -3.88. The first-order valence-electron chi connectivity index (χ1n) is 7.33. The number of hydrogen-bond acceptors (Lipinski definition) is 4. The molecule has 2 N–H and O–H groups in total. The molecule has 25 heavy (non-hydrogen) atoms. The summed E-state index contributed by atoms with van der Waals surface area (Å²) in [7, 11) is -3.88. The molecule has 0 aliphatic rings. The lowest BCUT2D eigenvalue weighted by atomic mass is 10.2. The van der Waals surface area contributed by atoms with Gasteiger partial charge >= 0.3 is 0 Å². The largest absolute Gasteiger partial charge is 0.478 e. The monoisotopic (exact) mass is 364 g/mol. The highest BCUT2D eigenvalue weighted by molar-refractivity contribution is 7.92. The van der Waals surface area contributed by atoms with Crippen molar-refractivity contribution in [1.29, 1.82) is 0 Å². The number of rotatable bonds is 7. The molecule has 0 bridgehead atoms. The van der Waals surface area contributed by atoms with Crippen LogP contribution in [0, 0.1) is 5.82 Å². The summed E-state index contributed by atoms with van der Waals surface area (Å²) in [6, 6.07) is 14.4. The molecule has 0 aliphatic carbocycles. The quantitative estimate of drug-likeness (QED) is 0.738. The summed E-state index contributed by atoms with van der Waals surface area (Å²) < 4.78 is 42.3. The van der Waals surface area contributed by atoms with Gasteiger partial charge in [-0.05, 0) is 30.7 Å². The topological polar surface area (TPSA) is 84.5 Å². The number of para-hydroxylation sites is 1. The molecule has 0 saturated heterocycles. The van der Waals surface area contributed by atoms with Gasteiger partial charge in [0.2, 0.25) is 0 Å². The van der Waals surface area contributed by atoms with Crippen LogP contribution in [0.15, 0.2) is 60.0 Å². The maximum atomic E-state index is 13.5. The van der Waals surface area contributed by atoms with Gasteiger partial charge in [0.15, 0.2) is 17.7 Å². The summed E-state index contributed by atoms with van der Waals surface area (Å²) in [6.07, 6.45) is 0.283. The molecule has 2 aromatic carbocycles. The van der Waals surface area contributed by atoms with E-state index in [1.54, 1.807) is 36.4 Å². The number of sulfonamides is 1. The molecule has 0 heterocycles. The Labute approximate surface area is 145 Å². The molecule has 1 amide bonds. The average molecular weight is 364 g/mol. The SMILES string of the molecule is C[C@H](Oc1ccccc1F)C(=O)NNS(=O)(=O)/C=C/c1ccccc1. The lowest BCUT2D eigenvalue weighted by Gasteiger charge is -2.15. The van der Waals surface area contributed by atoms with E-state index in [-0.39, 0.29) is 5.75 Å². The van der Waals surface area contributed by atoms with Crippen molar-refractivity contribution in [3.05, 3.63) is 71.4 Å². The van der Waals surface area contributed by atoms with Gasteiger partial charge in [0.05, 0.1) is 0 Å². The molecule has 132 valence electrons. The van der Waals surface area contributed by atoms with Gasteiger partial charge in [-0.15, -0.1) is 4.83 Å². The van der Waals surface area contributed by atoms with Gasteiger partial charge in [0, 0.05) is 5.41 Å². The first kappa shape index (κ1) is 18.6. The molecule has 0 aromatic heterocycles. The lowest BCUT2D eigenvalue weighted by Crippen LogP contribution is -2.46. The third kappa shape index (κ3) is 6.02. The summed E-state index contributed by atoms with van der Waals surface area (Å²) in [5.74, 6) is -1.48. The molecule has 8 heteroatoms. The fourth-order valence-electron chi connectivity index (χ4n) is 1.77. The van der Waals surface area contributed by atoms with Gasteiger partial charge in [-0.3, -0.25) is 10.2 Å². The Kier molecular flexibility index (Phi) is 6.26. The molecule has 0 fully saturated rings. The van der Waals surface area contributed by atoms with E-state index < -0.39 is 27.9 Å². The van der Waals surface area contributed by atoms with Crippen molar-refractivity contribution in [3.63, 3.8) is 0 Å². The molecular formula is C17H17FN2O4S. The van der Waals surface area contributed by atoms with Crippen molar-refractivity contribution in [2.75, 3.05) is 0 Å². The van der Waals surface area contributed by atoms with E-state index in [0.29, 0.717) is 5.56 Å². The number of amides is 1. The number of benzene rings is 2. The molecular weight excluding hydrogens is 347 g/mol. The second-order valence-corrected chi connectivity index (χ2v) is 6.61. The minimum Gasteiger partial charge on any atom is -0.478 e. The first-order chi connectivity index (χ1) is 11.9. The highest BCUT2D eigenvalue weighted by Crippen LogP contribution is 2.16. The van der Waals surface area contributed by atoms with Crippen molar-refractivity contribution >= 4 is 22.0 Å². The minimum absolute atomic E-state index is 0.100. The zero-order valence-electron chi connectivity index (χ0n) is 13.3. The molecule has 6 nitrogen and oxygen atoms in total. The van der Waals surface area contributed by atoms with Crippen molar-refractivity contribution in [1.82, 2.24) is 10.3 Å². The number of nitrogens with one attached hydrogen (secondary N) is 2. The first-order valence-corrected chi connectivity index (χ1v) is 8.88. The standard InChI is InChI=1S/C17H17FN2O4S/c1-13(24-16-10-6-5-9-15(16)18)17(21)19-20-25(22,23)12-11-14-7-3-2-4-8-14/h2-13,20H,1H3,(H,19,21)/b12-11+/t13-/m0/s1. The maximum absolute atomic E-state index is 13.5. The highest BCUT2D eigenvalue weighted by Gasteiger charge is 2.17. The Bertz CT molecular complexity index is 854. The number of carbonyl (C=O) groups is 1. The zero-order valence-corrected chi connectivity index (χ0v) is 14.2. The van der Waals surface area contributed by atoms with Crippen molar-refractivity contribution < 1.29 is 22.3 Å². The number of carbonyl (C=O) groups excluding carboxylic acids is 1. The van der Waals surface area contributed by atoms with Crippen LogP contribution in [0.4, 0.5) is 4.39 Å². The smallest absolute Gasteiger partial charge is 0.275 e. The van der Waals surface area contributed by atoms with E-state index in [9.17, 15) is 17.6 Å². The van der Waals surface area contributed by atoms with Crippen molar-refractivity contribution in [2.24, 2.45) is 0 Å². The molecule has 0 radical (unpaired) electrons. The number of halogens is 1. The summed E-state index contributed by atoms with van der Waals surface area (Å²) in [5.41, 5.74) is 2.71. The fourth-order valence-corrected chi connectivity index (χ4v) is 2.42. The van der Waals surface area contributed by atoms with Crippen LogP contribution < -0.4 is 15.0 Å². The Morgan fingerprint density at radius 3 is 2.44 bits per heavy atom. The van der Waals surface area contributed by atoms with Gasteiger partial charge in [0.25, 0.3) is 15.9 Å². The second kappa shape index (κ2) is 8.41. The summed E-state index contributed by atoms with van der Waals surface area (Å²) >= 11 is 0. The lowest BCUT2D eigenvalue weighted by molar-refractivity contribution is -0.127. The summed E-state index contributed by atoms with van der Waals surface area (Å²) in [4.78, 5) is 13.8. The third-order valence-electron chi connectivity index (χ3n) is 3.07. The Morgan fingerprint density at radius 1 is 1.12 bits per heavy atom. The summed E-state index contributed by atoms with van der Waals surface area (Å²) in [5, 5.41) is 0.922. The second-order valence-electron chi connectivity index (χ2n) is 5.04. The summed E-state index contributed by atoms with van der Waals surface area (Å²) in [6.45, 7) is 1.37. The van der Waals surface area contributed by atoms with Crippen molar-refractivity contribution in [3.8, 4) is 5.75 Å². The molecule has 1 atom stereocenters. The van der Waals surface area contributed by atoms with Gasteiger partial charge in [-0.1, -0.05) is 42.5 Å². The van der Waals surface area contributed by atoms with Crippen LogP contribution >= 0.6 is 0 Å². The van der Waals surface area contributed by atoms with E-state index in [0.717, 1.165) is 5.41 Å².